The Labute approximate surface area is 231 Å². The number of ether oxygens (including phenoxy) is 1. The van der Waals surface area contributed by atoms with Gasteiger partial charge in [0.05, 0.1) is 39.4 Å². The van der Waals surface area contributed by atoms with E-state index in [2.05, 4.69) is 20.0 Å². The number of sulfonamides is 1. The zero-order valence-corrected chi connectivity index (χ0v) is 23.2. The summed E-state index contributed by atoms with van der Waals surface area (Å²) in [6.45, 7) is 2.26. The zero-order valence-electron chi connectivity index (χ0n) is 20.0. The number of halogens is 1. The Morgan fingerprint density at radius 3 is 2.71 bits per heavy atom. The Hall–Kier alpha value is -3.51. The second-order valence-electron chi connectivity index (χ2n) is 8.57. The van der Waals surface area contributed by atoms with E-state index in [4.69, 9.17) is 16.3 Å². The van der Waals surface area contributed by atoms with E-state index in [0.717, 1.165) is 41.5 Å². The molecule has 0 radical (unpaired) electrons. The Balaban J connectivity index is 1.60. The average molecular weight is 583 g/mol. The minimum Gasteiger partial charge on any atom is -0.480 e. The summed E-state index contributed by atoms with van der Waals surface area (Å²) in [5, 5.41) is 2.99. The SMILES string of the molecule is COc1ncc2cc1NS(=O)(=O)c1ccc(Cl)c(c1)C(=O)NCc1ccc(s1)-c1ccnc3c(C)c-2sc13. The van der Waals surface area contributed by atoms with Crippen LogP contribution in [0.1, 0.15) is 20.8 Å². The normalized spacial score (nSPS) is 14.4. The number of aromatic nitrogens is 2. The summed E-state index contributed by atoms with van der Waals surface area (Å²) in [5.41, 5.74) is 3.82. The van der Waals surface area contributed by atoms with E-state index >= 15 is 0 Å². The third-order valence-corrected chi connectivity index (χ3v) is 10.4. The number of benzene rings is 1. The standard InChI is InChI=1S/C26H19ClN4O4S3/c1-13-22-24-17(7-8-28-22)21-6-3-15(36-21)12-29-25(32)18-10-16(4-5-19(18)27)38(33,34)31-20-9-14(23(13)37-24)11-30-26(20)35-2/h3-11,31H,12H2,1-2H3,(H,29,32). The molecule has 38 heavy (non-hydrogen) atoms. The van der Waals surface area contributed by atoms with Gasteiger partial charge in [0.2, 0.25) is 5.88 Å². The second-order valence-corrected chi connectivity index (χ2v) is 12.8. The van der Waals surface area contributed by atoms with Crippen LogP contribution in [-0.2, 0) is 16.6 Å². The minimum atomic E-state index is -4.12. The molecule has 0 fully saturated rings. The van der Waals surface area contributed by atoms with Crippen LogP contribution in [0, 0.1) is 6.92 Å². The predicted molar refractivity (Wildman–Crippen MR) is 151 cm³/mol. The van der Waals surface area contributed by atoms with Crippen LogP contribution in [0.2, 0.25) is 5.02 Å². The molecule has 6 rings (SSSR count). The average Bonchev–Trinajstić information content (AvgIpc) is 3.51. The highest BCUT2D eigenvalue weighted by atomic mass is 35.5. The van der Waals surface area contributed by atoms with Gasteiger partial charge in [-0.25, -0.2) is 13.4 Å². The van der Waals surface area contributed by atoms with Gasteiger partial charge >= 0.3 is 0 Å². The third kappa shape index (κ3) is 4.21. The molecule has 4 aromatic heterocycles. The number of amides is 1. The molecular weight excluding hydrogens is 564 g/mol. The summed E-state index contributed by atoms with van der Waals surface area (Å²) >= 11 is 9.42. The first kappa shape index (κ1) is 24.8. The molecule has 8 bridgehead atoms. The molecule has 0 atom stereocenters. The highest BCUT2D eigenvalue weighted by molar-refractivity contribution is 7.92. The van der Waals surface area contributed by atoms with E-state index < -0.39 is 15.9 Å². The minimum absolute atomic E-state index is 0.0579. The summed E-state index contributed by atoms with van der Waals surface area (Å²) in [5.74, 6) is -0.364. The van der Waals surface area contributed by atoms with Gasteiger partial charge in [0.25, 0.3) is 15.9 Å². The van der Waals surface area contributed by atoms with Crippen molar-refractivity contribution in [3.8, 4) is 26.8 Å². The van der Waals surface area contributed by atoms with Crippen molar-refractivity contribution >= 4 is 66.1 Å². The van der Waals surface area contributed by atoms with E-state index in [9.17, 15) is 13.2 Å². The molecule has 1 aliphatic rings. The van der Waals surface area contributed by atoms with Gasteiger partial charge in [-0.2, -0.15) is 0 Å². The number of hydrogen-bond acceptors (Lipinski definition) is 8. The van der Waals surface area contributed by atoms with Crippen molar-refractivity contribution in [2.45, 2.75) is 18.4 Å². The maximum Gasteiger partial charge on any atom is 0.262 e. The number of rotatable bonds is 1. The predicted octanol–water partition coefficient (Wildman–Crippen LogP) is 6.10. The maximum absolute atomic E-state index is 13.4. The lowest BCUT2D eigenvalue weighted by atomic mass is 10.1. The molecule has 1 amide bonds. The van der Waals surface area contributed by atoms with Crippen LogP contribution in [0.5, 0.6) is 5.88 Å². The number of aryl methyl sites for hydroxylation is 1. The van der Waals surface area contributed by atoms with Crippen molar-refractivity contribution in [1.82, 2.24) is 15.3 Å². The van der Waals surface area contributed by atoms with E-state index in [1.165, 1.54) is 25.3 Å². The van der Waals surface area contributed by atoms with Crippen LogP contribution >= 0.6 is 34.3 Å². The summed E-state index contributed by atoms with van der Waals surface area (Å²) in [6, 6.07) is 11.7. The molecular formula is C26H19ClN4O4S3. The molecule has 0 saturated heterocycles. The number of carbonyl (C=O) groups excluding carboxylic acids is 1. The number of carbonyl (C=O) groups is 1. The first-order valence-electron chi connectivity index (χ1n) is 11.4. The molecule has 0 saturated carbocycles. The summed E-state index contributed by atoms with van der Waals surface area (Å²) in [4.78, 5) is 24.8. The number of anilines is 1. The topological polar surface area (TPSA) is 110 Å². The van der Waals surface area contributed by atoms with Crippen molar-refractivity contribution in [1.29, 1.82) is 0 Å². The van der Waals surface area contributed by atoms with E-state index in [1.807, 2.05) is 25.1 Å². The number of thiophene rings is 2. The molecule has 0 spiro atoms. The first-order valence-corrected chi connectivity index (χ1v) is 14.9. The monoisotopic (exact) mass is 582 g/mol. The number of hydrogen-bond donors (Lipinski definition) is 2. The molecule has 192 valence electrons. The Morgan fingerprint density at radius 2 is 1.89 bits per heavy atom. The fraction of sp³-hybridized carbons (Fsp3) is 0.115. The molecule has 0 unspecified atom stereocenters. The fourth-order valence-electron chi connectivity index (χ4n) is 4.32. The summed E-state index contributed by atoms with van der Waals surface area (Å²) in [7, 11) is -2.70. The van der Waals surface area contributed by atoms with Gasteiger partial charge in [-0.1, -0.05) is 11.6 Å². The smallest absolute Gasteiger partial charge is 0.262 e. The van der Waals surface area contributed by atoms with Crippen LogP contribution in [-0.4, -0.2) is 31.4 Å². The Morgan fingerprint density at radius 1 is 1.05 bits per heavy atom. The number of pyridine rings is 2. The summed E-state index contributed by atoms with van der Waals surface area (Å²) < 4.78 is 35.7. The van der Waals surface area contributed by atoms with Crippen molar-refractivity contribution < 1.29 is 17.9 Å². The van der Waals surface area contributed by atoms with Crippen molar-refractivity contribution in [3.63, 3.8) is 0 Å². The highest BCUT2D eigenvalue weighted by Crippen LogP contribution is 2.44. The van der Waals surface area contributed by atoms with Gasteiger partial charge in [0.15, 0.2) is 0 Å². The van der Waals surface area contributed by atoms with Gasteiger partial charge in [-0.3, -0.25) is 14.5 Å². The zero-order chi connectivity index (χ0) is 26.6. The largest absolute Gasteiger partial charge is 0.480 e. The number of fused-ring (bicyclic) bond motifs is 9. The third-order valence-electron chi connectivity index (χ3n) is 6.20. The maximum atomic E-state index is 13.4. The van der Waals surface area contributed by atoms with E-state index in [1.54, 1.807) is 41.1 Å². The molecule has 2 N–H and O–H groups in total. The molecule has 12 heteroatoms. The lowest BCUT2D eigenvalue weighted by Gasteiger charge is -2.14. The lowest BCUT2D eigenvalue weighted by molar-refractivity contribution is 0.0951. The fourth-order valence-corrected chi connectivity index (χ4v) is 7.91. The van der Waals surface area contributed by atoms with Crippen LogP contribution in [0.3, 0.4) is 0 Å². The van der Waals surface area contributed by atoms with Crippen molar-refractivity contribution in [3.05, 3.63) is 75.9 Å². The van der Waals surface area contributed by atoms with E-state index in [0.29, 0.717) is 0 Å². The van der Waals surface area contributed by atoms with Gasteiger partial charge in [-0.05, 0) is 55.0 Å². The lowest BCUT2D eigenvalue weighted by Crippen LogP contribution is -2.23. The first-order chi connectivity index (χ1) is 18.2. The number of nitrogens with one attached hydrogen (secondary N) is 2. The second kappa shape index (κ2) is 9.35. The van der Waals surface area contributed by atoms with Crippen LogP contribution < -0.4 is 14.8 Å². The molecule has 5 heterocycles. The van der Waals surface area contributed by atoms with Crippen LogP contribution in [0.15, 0.2) is 59.8 Å². The quantitative estimate of drug-likeness (QED) is 0.247. The number of nitrogens with zero attached hydrogens (tertiary/aromatic N) is 2. The Bertz CT molecular complexity index is 1860. The van der Waals surface area contributed by atoms with Crippen LogP contribution in [0.25, 0.3) is 31.1 Å². The van der Waals surface area contributed by atoms with Gasteiger partial charge in [0.1, 0.15) is 5.69 Å². The highest BCUT2D eigenvalue weighted by Gasteiger charge is 2.23. The van der Waals surface area contributed by atoms with Crippen LogP contribution in [0.4, 0.5) is 5.69 Å². The van der Waals surface area contributed by atoms with Gasteiger partial charge < -0.3 is 10.1 Å². The van der Waals surface area contributed by atoms with E-state index in [-0.39, 0.29) is 33.6 Å². The van der Waals surface area contributed by atoms with Crippen molar-refractivity contribution in [2.24, 2.45) is 0 Å². The molecule has 1 aliphatic heterocycles. The molecule has 8 nitrogen and oxygen atoms in total. The Kier molecular flexibility index (Phi) is 6.10. The van der Waals surface area contributed by atoms with Gasteiger partial charge in [0, 0.05) is 38.2 Å². The summed E-state index contributed by atoms with van der Waals surface area (Å²) in [6.07, 6.45) is 3.44. The van der Waals surface area contributed by atoms with Crippen molar-refractivity contribution in [2.75, 3.05) is 11.8 Å². The number of methoxy groups -OCH3 is 1. The van der Waals surface area contributed by atoms with Gasteiger partial charge in [-0.15, -0.1) is 22.7 Å². The molecule has 0 aliphatic carbocycles. The molecule has 5 aromatic rings. The molecule has 1 aromatic carbocycles.